The van der Waals surface area contributed by atoms with Crippen LogP contribution in [0.15, 0.2) is 41.8 Å². The molecule has 1 aromatic carbocycles. The zero-order chi connectivity index (χ0) is 15.5. The SMILES string of the molecule is CCONC(=O)c1cc(-c2cccs2)nc2ccc(F)cc12. The van der Waals surface area contributed by atoms with Gasteiger partial charge in [0.2, 0.25) is 0 Å². The Kier molecular flexibility index (Phi) is 4.13. The van der Waals surface area contributed by atoms with E-state index in [0.717, 1.165) is 4.88 Å². The number of carbonyl (C=O) groups excluding carboxylic acids is 1. The largest absolute Gasteiger partial charge is 0.275 e. The molecule has 0 aliphatic heterocycles. The van der Waals surface area contributed by atoms with E-state index < -0.39 is 11.7 Å². The standard InChI is InChI=1S/C16H13FN2O2S/c1-2-21-19-16(20)12-9-14(15-4-3-7-22-15)18-13-6-5-10(17)8-11(12)13/h3-9H,2H2,1H3,(H,19,20). The van der Waals surface area contributed by atoms with E-state index in [1.807, 2.05) is 17.5 Å². The molecule has 1 N–H and O–H groups in total. The van der Waals surface area contributed by atoms with Gasteiger partial charge in [-0.15, -0.1) is 11.3 Å². The Hall–Kier alpha value is -2.31. The molecule has 0 radical (unpaired) electrons. The fourth-order valence-corrected chi connectivity index (χ4v) is 2.82. The summed E-state index contributed by atoms with van der Waals surface area (Å²) in [5, 5.41) is 2.39. The van der Waals surface area contributed by atoms with Gasteiger partial charge in [0.15, 0.2) is 0 Å². The maximum absolute atomic E-state index is 13.5. The topological polar surface area (TPSA) is 51.2 Å². The molecule has 0 aliphatic carbocycles. The van der Waals surface area contributed by atoms with Gasteiger partial charge >= 0.3 is 0 Å². The van der Waals surface area contributed by atoms with Crippen LogP contribution in [-0.2, 0) is 4.84 Å². The monoisotopic (exact) mass is 316 g/mol. The van der Waals surface area contributed by atoms with Crippen LogP contribution in [0, 0.1) is 5.82 Å². The van der Waals surface area contributed by atoms with Crippen LogP contribution in [0.5, 0.6) is 0 Å². The molecule has 0 saturated heterocycles. The Morgan fingerprint density at radius 3 is 2.95 bits per heavy atom. The zero-order valence-electron chi connectivity index (χ0n) is 11.8. The second-order valence-corrected chi connectivity index (χ2v) is 5.51. The summed E-state index contributed by atoms with van der Waals surface area (Å²) in [6, 6.07) is 9.70. The number of thiophene rings is 1. The van der Waals surface area contributed by atoms with E-state index >= 15 is 0 Å². The summed E-state index contributed by atoms with van der Waals surface area (Å²) in [5.74, 6) is -0.832. The summed E-state index contributed by atoms with van der Waals surface area (Å²) in [6.07, 6.45) is 0. The molecule has 4 nitrogen and oxygen atoms in total. The van der Waals surface area contributed by atoms with E-state index in [9.17, 15) is 9.18 Å². The maximum Gasteiger partial charge on any atom is 0.275 e. The van der Waals surface area contributed by atoms with Gasteiger partial charge in [0.1, 0.15) is 5.82 Å². The summed E-state index contributed by atoms with van der Waals surface area (Å²) in [4.78, 5) is 22.7. The number of nitrogens with one attached hydrogen (secondary N) is 1. The Labute approximate surface area is 130 Å². The lowest BCUT2D eigenvalue weighted by Crippen LogP contribution is -2.24. The van der Waals surface area contributed by atoms with Crippen molar-refractivity contribution < 1.29 is 14.0 Å². The molecule has 1 amide bonds. The number of amides is 1. The number of hydrogen-bond acceptors (Lipinski definition) is 4. The first-order valence-corrected chi connectivity index (χ1v) is 7.63. The van der Waals surface area contributed by atoms with Crippen LogP contribution in [0.2, 0.25) is 0 Å². The van der Waals surface area contributed by atoms with E-state index in [2.05, 4.69) is 10.5 Å². The highest BCUT2D eigenvalue weighted by atomic mass is 32.1. The lowest BCUT2D eigenvalue weighted by molar-refractivity contribution is 0.0366. The summed E-state index contributed by atoms with van der Waals surface area (Å²) < 4.78 is 13.5. The minimum absolute atomic E-state index is 0.335. The molecule has 2 aromatic heterocycles. The van der Waals surface area contributed by atoms with E-state index in [0.29, 0.717) is 28.8 Å². The first-order chi connectivity index (χ1) is 10.7. The number of fused-ring (bicyclic) bond motifs is 1. The van der Waals surface area contributed by atoms with Gasteiger partial charge in [0.25, 0.3) is 5.91 Å². The number of hydroxylamine groups is 1. The molecule has 6 heteroatoms. The third-order valence-electron chi connectivity index (χ3n) is 3.10. The van der Waals surface area contributed by atoms with Crippen molar-refractivity contribution in [3.63, 3.8) is 0 Å². The Morgan fingerprint density at radius 2 is 2.23 bits per heavy atom. The Bertz CT molecular complexity index is 818. The fraction of sp³-hybridized carbons (Fsp3) is 0.125. The number of carbonyl (C=O) groups is 1. The van der Waals surface area contributed by atoms with Crippen LogP contribution in [-0.4, -0.2) is 17.5 Å². The average molecular weight is 316 g/mol. The average Bonchev–Trinajstić information content (AvgIpc) is 3.06. The maximum atomic E-state index is 13.5. The van der Waals surface area contributed by atoms with Crippen LogP contribution in [0.3, 0.4) is 0 Å². The Morgan fingerprint density at radius 1 is 1.36 bits per heavy atom. The number of nitrogens with zero attached hydrogens (tertiary/aromatic N) is 1. The van der Waals surface area contributed by atoms with Gasteiger partial charge < -0.3 is 0 Å². The normalized spacial score (nSPS) is 10.8. The molecule has 112 valence electrons. The van der Waals surface area contributed by atoms with Crippen molar-refractivity contribution in [2.75, 3.05) is 6.61 Å². The highest BCUT2D eigenvalue weighted by Gasteiger charge is 2.15. The quantitative estimate of drug-likeness (QED) is 0.745. The summed E-state index contributed by atoms with van der Waals surface area (Å²) in [5.41, 5.74) is 3.92. The van der Waals surface area contributed by atoms with Crippen molar-refractivity contribution in [1.82, 2.24) is 10.5 Å². The van der Waals surface area contributed by atoms with Gasteiger partial charge in [0.05, 0.1) is 28.3 Å². The molecule has 0 saturated carbocycles. The van der Waals surface area contributed by atoms with E-state index in [-0.39, 0.29) is 0 Å². The number of rotatable bonds is 4. The van der Waals surface area contributed by atoms with Crippen molar-refractivity contribution in [2.24, 2.45) is 0 Å². The van der Waals surface area contributed by atoms with Crippen LogP contribution >= 0.6 is 11.3 Å². The van der Waals surface area contributed by atoms with Gasteiger partial charge in [-0.25, -0.2) is 14.9 Å². The van der Waals surface area contributed by atoms with Gasteiger partial charge in [-0.3, -0.25) is 9.63 Å². The summed E-state index contributed by atoms with van der Waals surface area (Å²) >= 11 is 1.53. The molecule has 2 heterocycles. The number of hydrogen-bond donors (Lipinski definition) is 1. The van der Waals surface area contributed by atoms with E-state index in [1.165, 1.54) is 23.5 Å². The van der Waals surface area contributed by atoms with Gasteiger partial charge in [-0.2, -0.15) is 0 Å². The number of aromatic nitrogens is 1. The van der Waals surface area contributed by atoms with Crippen molar-refractivity contribution in [3.05, 3.63) is 53.2 Å². The molecule has 22 heavy (non-hydrogen) atoms. The van der Waals surface area contributed by atoms with Gasteiger partial charge in [0, 0.05) is 5.39 Å². The number of halogens is 1. The van der Waals surface area contributed by atoms with Crippen molar-refractivity contribution in [3.8, 4) is 10.6 Å². The lowest BCUT2D eigenvalue weighted by Gasteiger charge is -2.09. The van der Waals surface area contributed by atoms with Gasteiger partial charge in [-0.05, 0) is 42.6 Å². The summed E-state index contributed by atoms with van der Waals surface area (Å²) in [7, 11) is 0. The van der Waals surface area contributed by atoms with E-state index in [4.69, 9.17) is 4.84 Å². The van der Waals surface area contributed by atoms with Gasteiger partial charge in [-0.1, -0.05) is 6.07 Å². The molecular weight excluding hydrogens is 303 g/mol. The molecule has 0 bridgehead atoms. The first-order valence-electron chi connectivity index (χ1n) is 6.75. The highest BCUT2D eigenvalue weighted by Crippen LogP contribution is 2.28. The predicted octanol–water partition coefficient (Wildman–Crippen LogP) is 3.78. The third-order valence-corrected chi connectivity index (χ3v) is 3.99. The van der Waals surface area contributed by atoms with Crippen molar-refractivity contribution in [2.45, 2.75) is 6.92 Å². The first kappa shape index (κ1) is 14.6. The molecule has 0 fully saturated rings. The van der Waals surface area contributed by atoms with E-state index in [1.54, 1.807) is 19.1 Å². The van der Waals surface area contributed by atoms with Crippen LogP contribution in [0.25, 0.3) is 21.5 Å². The van der Waals surface area contributed by atoms with Crippen molar-refractivity contribution in [1.29, 1.82) is 0 Å². The summed E-state index contributed by atoms with van der Waals surface area (Å²) in [6.45, 7) is 2.11. The Balaban J connectivity index is 2.17. The third kappa shape index (κ3) is 2.84. The van der Waals surface area contributed by atoms with Crippen LogP contribution < -0.4 is 5.48 Å². The smallest absolute Gasteiger partial charge is 0.274 e. The number of pyridine rings is 1. The zero-order valence-corrected chi connectivity index (χ0v) is 12.6. The van der Waals surface area contributed by atoms with Crippen molar-refractivity contribution >= 4 is 28.1 Å². The molecule has 0 unspecified atom stereocenters. The highest BCUT2D eigenvalue weighted by molar-refractivity contribution is 7.13. The molecular formula is C16H13FN2O2S. The van der Waals surface area contributed by atoms with Crippen LogP contribution in [0.1, 0.15) is 17.3 Å². The second kappa shape index (κ2) is 6.21. The van der Waals surface area contributed by atoms with Crippen LogP contribution in [0.4, 0.5) is 4.39 Å². The number of benzene rings is 1. The molecule has 3 aromatic rings. The fourth-order valence-electron chi connectivity index (χ4n) is 2.13. The minimum Gasteiger partial charge on any atom is -0.274 e. The molecule has 3 rings (SSSR count). The minimum atomic E-state index is -0.419. The molecule has 0 aliphatic rings. The molecule has 0 atom stereocenters. The molecule has 0 spiro atoms. The lowest BCUT2D eigenvalue weighted by atomic mass is 10.1. The predicted molar refractivity (Wildman–Crippen MR) is 84.1 cm³/mol. The second-order valence-electron chi connectivity index (χ2n) is 4.56.